The summed E-state index contributed by atoms with van der Waals surface area (Å²) in [6, 6.07) is 7.62. The van der Waals surface area contributed by atoms with Crippen LogP contribution in [0.2, 0.25) is 0 Å². The molecule has 0 amide bonds. The third kappa shape index (κ3) is 3.05. The normalized spacial score (nSPS) is 20.8. The number of aryl methyl sites for hydroxylation is 2. The minimum Gasteiger partial charge on any atom is -0.370 e. The van der Waals surface area contributed by atoms with Gasteiger partial charge in [-0.05, 0) is 49.4 Å². The Morgan fingerprint density at radius 2 is 2.11 bits per heavy atom. The van der Waals surface area contributed by atoms with Crippen molar-refractivity contribution in [3.05, 3.63) is 29.3 Å². The first-order chi connectivity index (χ1) is 8.74. The molecule has 1 aromatic rings. The van der Waals surface area contributed by atoms with E-state index in [1.54, 1.807) is 0 Å². The molecule has 2 nitrogen and oxygen atoms in total. The third-order valence-electron chi connectivity index (χ3n) is 4.13. The van der Waals surface area contributed by atoms with Crippen molar-refractivity contribution < 1.29 is 0 Å². The van der Waals surface area contributed by atoms with Crippen LogP contribution in [-0.4, -0.2) is 25.7 Å². The quantitative estimate of drug-likeness (QED) is 0.881. The van der Waals surface area contributed by atoms with Crippen LogP contribution in [0.25, 0.3) is 0 Å². The first-order valence-corrected chi connectivity index (χ1v) is 7.32. The van der Waals surface area contributed by atoms with Gasteiger partial charge in [-0.15, -0.1) is 0 Å². The summed E-state index contributed by atoms with van der Waals surface area (Å²) in [5.74, 6) is 0. The molecule has 0 radical (unpaired) electrons. The van der Waals surface area contributed by atoms with Crippen LogP contribution in [0.4, 0.5) is 5.69 Å². The smallest absolute Gasteiger partial charge is 0.0369 e. The van der Waals surface area contributed by atoms with Gasteiger partial charge in [0.05, 0.1) is 0 Å². The van der Waals surface area contributed by atoms with Gasteiger partial charge in [0, 0.05) is 31.4 Å². The summed E-state index contributed by atoms with van der Waals surface area (Å²) >= 11 is 0. The molecule has 1 aliphatic rings. The Morgan fingerprint density at radius 3 is 2.83 bits per heavy atom. The van der Waals surface area contributed by atoms with Gasteiger partial charge in [-0.1, -0.05) is 19.9 Å². The van der Waals surface area contributed by atoms with Crippen LogP contribution in [0.3, 0.4) is 0 Å². The highest BCUT2D eigenvalue weighted by Gasteiger charge is 2.15. The Labute approximate surface area is 111 Å². The van der Waals surface area contributed by atoms with Crippen LogP contribution in [-0.2, 0) is 6.42 Å². The van der Waals surface area contributed by atoms with Crippen molar-refractivity contribution in [1.82, 2.24) is 5.32 Å². The molecule has 0 aliphatic carbocycles. The Morgan fingerprint density at radius 1 is 1.28 bits per heavy atom. The predicted octanol–water partition coefficient (Wildman–Crippen LogP) is 3.14. The average Bonchev–Trinajstić information content (AvgIpc) is 2.64. The second-order valence-corrected chi connectivity index (χ2v) is 5.30. The van der Waals surface area contributed by atoms with Crippen LogP contribution < -0.4 is 10.2 Å². The zero-order valence-corrected chi connectivity index (χ0v) is 12.0. The Bertz CT molecular complexity index is 387. The third-order valence-corrected chi connectivity index (χ3v) is 4.13. The molecular weight excluding hydrogens is 220 g/mol. The van der Waals surface area contributed by atoms with Gasteiger partial charge >= 0.3 is 0 Å². The standard InChI is InChI=1S/C16H26N2/c1-4-14-12-16(7-6-13(14)3)18-10-8-15(5-2)17-9-11-18/h6-7,12,15,17H,4-5,8-11H2,1-3H3. The fourth-order valence-electron chi connectivity index (χ4n) is 2.77. The van der Waals surface area contributed by atoms with E-state index < -0.39 is 0 Å². The predicted molar refractivity (Wildman–Crippen MR) is 79.5 cm³/mol. The lowest BCUT2D eigenvalue weighted by Crippen LogP contribution is -2.30. The fourth-order valence-corrected chi connectivity index (χ4v) is 2.77. The molecule has 1 atom stereocenters. The number of hydrogen-bond donors (Lipinski definition) is 1. The molecule has 1 aromatic carbocycles. The van der Waals surface area contributed by atoms with Gasteiger partial charge < -0.3 is 10.2 Å². The molecule has 1 saturated heterocycles. The number of anilines is 1. The summed E-state index contributed by atoms with van der Waals surface area (Å²) < 4.78 is 0. The molecule has 1 heterocycles. The lowest BCUT2D eigenvalue weighted by Gasteiger charge is -2.23. The largest absolute Gasteiger partial charge is 0.370 e. The Kier molecular flexibility index (Phi) is 4.65. The van der Waals surface area contributed by atoms with Gasteiger partial charge in [0.1, 0.15) is 0 Å². The van der Waals surface area contributed by atoms with Crippen LogP contribution in [0, 0.1) is 6.92 Å². The van der Waals surface area contributed by atoms with Crippen molar-refractivity contribution in [2.45, 2.75) is 46.1 Å². The van der Waals surface area contributed by atoms with Crippen LogP contribution >= 0.6 is 0 Å². The highest BCUT2D eigenvalue weighted by molar-refractivity contribution is 5.51. The second-order valence-electron chi connectivity index (χ2n) is 5.30. The van der Waals surface area contributed by atoms with E-state index >= 15 is 0 Å². The van der Waals surface area contributed by atoms with Crippen molar-refractivity contribution in [2.75, 3.05) is 24.5 Å². The molecule has 2 heteroatoms. The van der Waals surface area contributed by atoms with Gasteiger partial charge in [0.2, 0.25) is 0 Å². The van der Waals surface area contributed by atoms with E-state index in [2.05, 4.69) is 49.2 Å². The number of nitrogens with zero attached hydrogens (tertiary/aromatic N) is 1. The summed E-state index contributed by atoms with van der Waals surface area (Å²) in [6.07, 6.45) is 3.62. The van der Waals surface area contributed by atoms with Crippen molar-refractivity contribution in [3.63, 3.8) is 0 Å². The molecule has 2 rings (SSSR count). The molecule has 0 bridgehead atoms. The molecule has 0 saturated carbocycles. The Balaban J connectivity index is 2.11. The van der Waals surface area contributed by atoms with Gasteiger partial charge in [0.25, 0.3) is 0 Å². The molecule has 1 fully saturated rings. The maximum Gasteiger partial charge on any atom is 0.0369 e. The zero-order chi connectivity index (χ0) is 13.0. The van der Waals surface area contributed by atoms with Crippen LogP contribution in [0.15, 0.2) is 18.2 Å². The van der Waals surface area contributed by atoms with Crippen LogP contribution in [0.1, 0.15) is 37.8 Å². The molecular formula is C16H26N2. The minimum atomic E-state index is 0.700. The van der Waals surface area contributed by atoms with Crippen molar-refractivity contribution in [2.24, 2.45) is 0 Å². The van der Waals surface area contributed by atoms with E-state index in [4.69, 9.17) is 0 Å². The first kappa shape index (κ1) is 13.4. The van der Waals surface area contributed by atoms with E-state index in [0.29, 0.717) is 6.04 Å². The van der Waals surface area contributed by atoms with E-state index in [1.807, 2.05) is 0 Å². The number of nitrogens with one attached hydrogen (secondary N) is 1. The zero-order valence-electron chi connectivity index (χ0n) is 12.0. The number of benzene rings is 1. The van der Waals surface area contributed by atoms with Crippen molar-refractivity contribution in [3.8, 4) is 0 Å². The lowest BCUT2D eigenvalue weighted by molar-refractivity contribution is 0.510. The Hall–Kier alpha value is -1.02. The molecule has 18 heavy (non-hydrogen) atoms. The molecule has 0 aromatic heterocycles. The molecule has 1 N–H and O–H groups in total. The van der Waals surface area contributed by atoms with Crippen LogP contribution in [0.5, 0.6) is 0 Å². The van der Waals surface area contributed by atoms with E-state index in [9.17, 15) is 0 Å². The molecule has 1 aliphatic heterocycles. The van der Waals surface area contributed by atoms with Gasteiger partial charge in [0.15, 0.2) is 0 Å². The van der Waals surface area contributed by atoms with E-state index in [1.165, 1.54) is 36.2 Å². The number of rotatable bonds is 3. The molecule has 100 valence electrons. The number of hydrogen-bond acceptors (Lipinski definition) is 2. The van der Waals surface area contributed by atoms with E-state index in [-0.39, 0.29) is 0 Å². The van der Waals surface area contributed by atoms with Crippen molar-refractivity contribution >= 4 is 5.69 Å². The maximum atomic E-state index is 3.63. The maximum absolute atomic E-state index is 3.63. The first-order valence-electron chi connectivity index (χ1n) is 7.32. The highest BCUT2D eigenvalue weighted by Crippen LogP contribution is 2.21. The van der Waals surface area contributed by atoms with E-state index in [0.717, 1.165) is 19.5 Å². The summed E-state index contributed by atoms with van der Waals surface area (Å²) in [4.78, 5) is 2.53. The molecule has 0 spiro atoms. The summed E-state index contributed by atoms with van der Waals surface area (Å²) in [6.45, 7) is 10.1. The summed E-state index contributed by atoms with van der Waals surface area (Å²) in [5.41, 5.74) is 4.30. The SMILES string of the molecule is CCc1cc(N2CCNC(CC)CC2)ccc1C. The van der Waals surface area contributed by atoms with Crippen molar-refractivity contribution in [1.29, 1.82) is 0 Å². The molecule has 1 unspecified atom stereocenters. The fraction of sp³-hybridized carbons (Fsp3) is 0.625. The second kappa shape index (κ2) is 6.24. The topological polar surface area (TPSA) is 15.3 Å². The summed E-state index contributed by atoms with van der Waals surface area (Å²) in [5, 5.41) is 3.63. The minimum absolute atomic E-state index is 0.700. The summed E-state index contributed by atoms with van der Waals surface area (Å²) in [7, 11) is 0. The van der Waals surface area contributed by atoms with Gasteiger partial charge in [-0.3, -0.25) is 0 Å². The lowest BCUT2D eigenvalue weighted by atomic mass is 10.0. The monoisotopic (exact) mass is 246 g/mol. The van der Waals surface area contributed by atoms with Gasteiger partial charge in [-0.25, -0.2) is 0 Å². The average molecular weight is 246 g/mol. The highest BCUT2D eigenvalue weighted by atomic mass is 15.2. The van der Waals surface area contributed by atoms with Gasteiger partial charge in [-0.2, -0.15) is 0 Å².